The molecule has 0 spiro atoms. The fourth-order valence-corrected chi connectivity index (χ4v) is 6.41. The first-order valence-corrected chi connectivity index (χ1v) is 12.0. The second-order valence-electron chi connectivity index (χ2n) is 8.03. The molecule has 7 heteroatoms. The van der Waals surface area contributed by atoms with Crippen molar-refractivity contribution in [2.24, 2.45) is 5.92 Å². The van der Waals surface area contributed by atoms with E-state index in [0.29, 0.717) is 12.8 Å². The smallest absolute Gasteiger partial charge is 0.184 e. The molecular formula is C22H27N3O3S. The van der Waals surface area contributed by atoms with Crippen molar-refractivity contribution in [2.45, 2.75) is 46.7 Å². The number of hydrogen-bond acceptors (Lipinski definition) is 4. The second kappa shape index (κ2) is 7.44. The normalized spacial score (nSPS) is 18.5. The van der Waals surface area contributed by atoms with Gasteiger partial charge < -0.3 is 9.13 Å². The first-order valence-electron chi connectivity index (χ1n) is 10.1. The molecule has 29 heavy (non-hydrogen) atoms. The molecule has 0 N–H and O–H groups in total. The summed E-state index contributed by atoms with van der Waals surface area (Å²) >= 11 is 0. The Labute approximate surface area is 171 Å². The number of aromatic nitrogens is 3. The van der Waals surface area contributed by atoms with Gasteiger partial charge in [0, 0.05) is 29.9 Å². The molecule has 1 fully saturated rings. The SMILES string of the molecule is CCn1c(C)cc(C(=O)Cn2c(CC3CCS(=O)(=O)C3)nc3ccccc32)c1C. The van der Waals surface area contributed by atoms with E-state index < -0.39 is 9.84 Å². The molecular weight excluding hydrogens is 386 g/mol. The van der Waals surface area contributed by atoms with Gasteiger partial charge in [0.1, 0.15) is 5.82 Å². The van der Waals surface area contributed by atoms with Gasteiger partial charge in [-0.3, -0.25) is 4.79 Å². The Morgan fingerprint density at radius 2 is 1.97 bits per heavy atom. The molecule has 1 atom stereocenters. The summed E-state index contributed by atoms with van der Waals surface area (Å²) in [5, 5.41) is 0. The van der Waals surface area contributed by atoms with Crippen LogP contribution in [0.3, 0.4) is 0 Å². The van der Waals surface area contributed by atoms with E-state index in [0.717, 1.165) is 40.4 Å². The van der Waals surface area contributed by atoms with Crippen molar-refractivity contribution in [2.75, 3.05) is 11.5 Å². The number of ketones is 1. The lowest BCUT2D eigenvalue weighted by molar-refractivity contribution is 0.0971. The number of benzene rings is 1. The van der Waals surface area contributed by atoms with Crippen LogP contribution in [0.1, 0.15) is 40.9 Å². The number of rotatable bonds is 6. The average Bonchev–Trinajstić information content (AvgIpc) is 3.29. The van der Waals surface area contributed by atoms with Crippen LogP contribution < -0.4 is 0 Å². The van der Waals surface area contributed by atoms with Crippen LogP contribution in [0.5, 0.6) is 0 Å². The monoisotopic (exact) mass is 413 g/mol. The van der Waals surface area contributed by atoms with Crippen molar-refractivity contribution >= 4 is 26.7 Å². The Morgan fingerprint density at radius 1 is 1.21 bits per heavy atom. The number of sulfone groups is 1. The van der Waals surface area contributed by atoms with E-state index in [1.807, 2.05) is 48.7 Å². The van der Waals surface area contributed by atoms with Crippen LogP contribution in [0, 0.1) is 19.8 Å². The largest absolute Gasteiger partial charge is 0.349 e. The number of hydrogen-bond donors (Lipinski definition) is 0. The average molecular weight is 414 g/mol. The van der Waals surface area contributed by atoms with Gasteiger partial charge in [-0.1, -0.05) is 12.1 Å². The highest BCUT2D eigenvalue weighted by Crippen LogP contribution is 2.26. The third kappa shape index (κ3) is 3.75. The van der Waals surface area contributed by atoms with Gasteiger partial charge in [0.05, 0.1) is 29.1 Å². The Hall–Kier alpha value is -2.41. The predicted molar refractivity (Wildman–Crippen MR) is 114 cm³/mol. The molecule has 0 bridgehead atoms. The quantitative estimate of drug-likeness (QED) is 0.581. The van der Waals surface area contributed by atoms with Crippen molar-refractivity contribution in [1.82, 2.24) is 14.1 Å². The van der Waals surface area contributed by atoms with Crippen LogP contribution in [-0.4, -0.2) is 39.8 Å². The molecule has 0 aliphatic carbocycles. The lowest BCUT2D eigenvalue weighted by Crippen LogP contribution is -2.17. The zero-order valence-electron chi connectivity index (χ0n) is 17.2. The van der Waals surface area contributed by atoms with Gasteiger partial charge in [-0.15, -0.1) is 0 Å². The van der Waals surface area contributed by atoms with Crippen molar-refractivity contribution in [3.63, 3.8) is 0 Å². The van der Waals surface area contributed by atoms with Crippen molar-refractivity contribution < 1.29 is 13.2 Å². The zero-order chi connectivity index (χ0) is 20.8. The maximum Gasteiger partial charge on any atom is 0.184 e. The molecule has 0 saturated carbocycles. The molecule has 4 rings (SSSR count). The summed E-state index contributed by atoms with van der Waals surface area (Å²) in [7, 11) is -2.94. The highest BCUT2D eigenvalue weighted by Gasteiger charge is 2.29. The maximum absolute atomic E-state index is 13.2. The third-order valence-electron chi connectivity index (χ3n) is 6.02. The number of nitrogens with zero attached hydrogens (tertiary/aromatic N) is 3. The lowest BCUT2D eigenvalue weighted by atomic mass is 10.0. The number of Topliss-reactive ketones (excluding diaryl/α,β-unsaturated/α-hetero) is 1. The summed E-state index contributed by atoms with van der Waals surface area (Å²) in [4.78, 5) is 17.9. The zero-order valence-corrected chi connectivity index (χ0v) is 18.0. The van der Waals surface area contributed by atoms with Gasteiger partial charge in [0.2, 0.25) is 0 Å². The molecule has 3 heterocycles. The Kier molecular flexibility index (Phi) is 5.11. The van der Waals surface area contributed by atoms with Crippen LogP contribution in [0.25, 0.3) is 11.0 Å². The molecule has 2 aromatic heterocycles. The fourth-order valence-electron chi connectivity index (χ4n) is 4.55. The number of aryl methyl sites for hydroxylation is 1. The number of imidazole rings is 1. The van der Waals surface area contributed by atoms with E-state index in [1.165, 1.54) is 0 Å². The second-order valence-corrected chi connectivity index (χ2v) is 10.3. The van der Waals surface area contributed by atoms with E-state index in [4.69, 9.17) is 4.98 Å². The summed E-state index contributed by atoms with van der Waals surface area (Å²) in [6.45, 7) is 7.13. The molecule has 6 nitrogen and oxygen atoms in total. The number of para-hydroxylation sites is 2. The van der Waals surface area contributed by atoms with E-state index in [-0.39, 0.29) is 29.8 Å². The molecule has 1 aliphatic heterocycles. The molecule has 1 saturated heterocycles. The van der Waals surface area contributed by atoms with Crippen LogP contribution in [0.15, 0.2) is 30.3 Å². The van der Waals surface area contributed by atoms with Crippen molar-refractivity contribution in [1.29, 1.82) is 0 Å². The minimum Gasteiger partial charge on any atom is -0.349 e. The van der Waals surface area contributed by atoms with E-state index in [1.54, 1.807) is 0 Å². The van der Waals surface area contributed by atoms with Gasteiger partial charge in [-0.05, 0) is 51.3 Å². The highest BCUT2D eigenvalue weighted by molar-refractivity contribution is 7.91. The minimum absolute atomic E-state index is 0.0567. The summed E-state index contributed by atoms with van der Waals surface area (Å²) < 4.78 is 27.9. The van der Waals surface area contributed by atoms with Crippen LogP contribution in [0.4, 0.5) is 0 Å². The topological polar surface area (TPSA) is 74.0 Å². The number of fused-ring (bicyclic) bond motifs is 1. The minimum atomic E-state index is -2.94. The number of carbonyl (C=O) groups is 1. The summed E-state index contributed by atoms with van der Waals surface area (Å²) in [5.41, 5.74) is 4.58. The molecule has 1 aliphatic rings. The van der Waals surface area contributed by atoms with Gasteiger partial charge in [0.15, 0.2) is 15.6 Å². The van der Waals surface area contributed by atoms with Crippen molar-refractivity contribution in [3.8, 4) is 0 Å². The van der Waals surface area contributed by atoms with Crippen molar-refractivity contribution in [3.05, 3.63) is 53.1 Å². The Bertz CT molecular complexity index is 1190. The van der Waals surface area contributed by atoms with Crippen LogP contribution in [0.2, 0.25) is 0 Å². The Morgan fingerprint density at radius 3 is 2.62 bits per heavy atom. The van der Waals surface area contributed by atoms with E-state index in [9.17, 15) is 13.2 Å². The Balaban J connectivity index is 1.68. The predicted octanol–water partition coefficient (Wildman–Crippen LogP) is 3.33. The van der Waals surface area contributed by atoms with Gasteiger partial charge in [-0.25, -0.2) is 13.4 Å². The fraction of sp³-hybridized carbons (Fsp3) is 0.455. The summed E-state index contributed by atoms with van der Waals surface area (Å²) in [6, 6.07) is 9.75. The van der Waals surface area contributed by atoms with E-state index in [2.05, 4.69) is 11.5 Å². The molecule has 3 aromatic rings. The molecule has 154 valence electrons. The molecule has 0 radical (unpaired) electrons. The molecule has 1 aromatic carbocycles. The van der Waals surface area contributed by atoms with Gasteiger partial charge >= 0.3 is 0 Å². The van der Waals surface area contributed by atoms with E-state index >= 15 is 0 Å². The highest BCUT2D eigenvalue weighted by atomic mass is 32.2. The lowest BCUT2D eigenvalue weighted by Gasteiger charge is -2.12. The standard InChI is InChI=1S/C22H27N3O3S/c1-4-24-15(2)11-18(16(24)3)21(26)13-25-20-8-6-5-7-19(20)23-22(25)12-17-9-10-29(27,28)14-17/h5-8,11,17H,4,9-10,12-14H2,1-3H3. The van der Waals surface area contributed by atoms with Gasteiger partial charge in [-0.2, -0.15) is 0 Å². The maximum atomic E-state index is 13.2. The molecule has 0 amide bonds. The summed E-state index contributed by atoms with van der Waals surface area (Å²) in [5.74, 6) is 1.38. The first kappa shape index (κ1) is 19.9. The summed E-state index contributed by atoms with van der Waals surface area (Å²) in [6.07, 6.45) is 1.24. The number of carbonyl (C=O) groups excluding carboxylic acids is 1. The third-order valence-corrected chi connectivity index (χ3v) is 7.86. The van der Waals surface area contributed by atoms with Crippen LogP contribution in [-0.2, 0) is 29.3 Å². The van der Waals surface area contributed by atoms with Crippen LogP contribution >= 0.6 is 0 Å². The molecule has 1 unspecified atom stereocenters. The van der Waals surface area contributed by atoms with Gasteiger partial charge in [0.25, 0.3) is 0 Å². The first-order chi connectivity index (χ1) is 13.8.